The molecule has 0 saturated carbocycles. The maximum absolute atomic E-state index is 6.16. The maximum Gasteiger partial charge on any atom is 0.260 e. The number of nitrogens with two attached hydrogens (primary N) is 1. The molecule has 1 fully saturated rings. The number of hydrogen-bond acceptors (Lipinski definition) is 7. The number of nitrogens with zero attached hydrogens (tertiary/aromatic N) is 4. The highest BCUT2D eigenvalue weighted by atomic mass is 35.5. The van der Waals surface area contributed by atoms with Crippen LogP contribution >= 0.6 is 12.4 Å². The van der Waals surface area contributed by atoms with Gasteiger partial charge in [0.1, 0.15) is 16.9 Å². The van der Waals surface area contributed by atoms with Gasteiger partial charge in [-0.1, -0.05) is 37.6 Å². The van der Waals surface area contributed by atoms with Crippen molar-refractivity contribution in [3.05, 3.63) is 41.2 Å². The molecule has 3 N–H and O–H groups in total. The summed E-state index contributed by atoms with van der Waals surface area (Å²) < 4.78 is 13.6. The van der Waals surface area contributed by atoms with E-state index in [0.717, 1.165) is 63.2 Å². The first-order valence-electron chi connectivity index (χ1n) is 12.1. The number of unbranched alkanes of at least 4 members (excludes halogenated alkanes) is 1. The molecule has 1 saturated heterocycles. The largest absolute Gasteiger partial charge is 0.472 e. The fourth-order valence-electron chi connectivity index (χ4n) is 4.20. The first kappa shape index (κ1) is 26.2. The predicted octanol–water partition coefficient (Wildman–Crippen LogP) is 4.28. The van der Waals surface area contributed by atoms with Crippen molar-refractivity contribution in [2.45, 2.75) is 78.1 Å². The third-order valence-corrected chi connectivity index (χ3v) is 6.02. The molecule has 0 atom stereocenters. The zero-order valence-electron chi connectivity index (χ0n) is 20.4. The number of anilines is 1. The summed E-state index contributed by atoms with van der Waals surface area (Å²) in [5.41, 5.74) is 10.1. The smallest absolute Gasteiger partial charge is 0.260 e. The minimum atomic E-state index is -0.0175. The zero-order chi connectivity index (χ0) is 23.2. The summed E-state index contributed by atoms with van der Waals surface area (Å²) in [6, 6.07) is 9.33. The van der Waals surface area contributed by atoms with Crippen LogP contribution in [-0.2, 0) is 24.2 Å². The SMILES string of the molecule is CCCCc1nc2c(N)nnc(OC(C)C)c2n1Cc1ccc(CNC2CCOCC2)cc1.Cl. The number of rotatable bonds is 10. The van der Waals surface area contributed by atoms with Crippen molar-refractivity contribution in [3.8, 4) is 5.88 Å². The molecule has 3 heterocycles. The minimum absolute atomic E-state index is 0. The van der Waals surface area contributed by atoms with Crippen LogP contribution < -0.4 is 15.8 Å². The molecule has 8 nitrogen and oxygen atoms in total. The molecule has 9 heteroatoms. The Balaban J connectivity index is 0.00000324. The van der Waals surface area contributed by atoms with E-state index in [9.17, 15) is 0 Å². The van der Waals surface area contributed by atoms with Gasteiger partial charge in [0.25, 0.3) is 5.88 Å². The van der Waals surface area contributed by atoms with E-state index in [0.29, 0.717) is 29.8 Å². The number of nitrogen functional groups attached to an aromatic ring is 1. The highest BCUT2D eigenvalue weighted by molar-refractivity contribution is 5.88. The average molecular weight is 489 g/mol. The summed E-state index contributed by atoms with van der Waals surface area (Å²) in [5, 5.41) is 12.0. The summed E-state index contributed by atoms with van der Waals surface area (Å²) in [5.74, 6) is 1.82. The van der Waals surface area contributed by atoms with Gasteiger partial charge in [0, 0.05) is 38.8 Å². The van der Waals surface area contributed by atoms with Crippen molar-refractivity contribution in [1.82, 2.24) is 25.1 Å². The molecular weight excluding hydrogens is 452 g/mol. The summed E-state index contributed by atoms with van der Waals surface area (Å²) in [4.78, 5) is 4.85. The van der Waals surface area contributed by atoms with Crippen LogP contribution in [-0.4, -0.2) is 45.1 Å². The molecule has 0 unspecified atom stereocenters. The number of aryl methyl sites for hydroxylation is 1. The van der Waals surface area contributed by atoms with Gasteiger partial charge in [0.05, 0.1) is 6.10 Å². The number of hydrogen-bond donors (Lipinski definition) is 2. The third kappa shape index (κ3) is 6.37. The van der Waals surface area contributed by atoms with Crippen LogP contribution in [0.4, 0.5) is 5.82 Å². The topological polar surface area (TPSA) is 100 Å². The van der Waals surface area contributed by atoms with Crippen molar-refractivity contribution in [3.63, 3.8) is 0 Å². The van der Waals surface area contributed by atoms with Gasteiger partial charge < -0.3 is 25.1 Å². The molecule has 2 aromatic heterocycles. The van der Waals surface area contributed by atoms with Gasteiger partial charge in [-0.15, -0.1) is 22.6 Å². The number of halogens is 1. The zero-order valence-corrected chi connectivity index (χ0v) is 21.2. The molecule has 4 rings (SSSR count). The van der Waals surface area contributed by atoms with Gasteiger partial charge in [-0.05, 0) is 44.2 Å². The van der Waals surface area contributed by atoms with E-state index in [1.807, 2.05) is 13.8 Å². The van der Waals surface area contributed by atoms with Crippen molar-refractivity contribution >= 4 is 29.3 Å². The number of benzene rings is 1. The average Bonchev–Trinajstić information content (AvgIpc) is 3.18. The Morgan fingerprint density at radius 3 is 2.53 bits per heavy atom. The molecule has 0 radical (unpaired) electrons. The van der Waals surface area contributed by atoms with Crippen LogP contribution in [0.1, 0.15) is 63.4 Å². The second kappa shape index (κ2) is 12.3. The Kier molecular flexibility index (Phi) is 9.50. The highest BCUT2D eigenvalue weighted by Gasteiger charge is 2.20. The van der Waals surface area contributed by atoms with E-state index >= 15 is 0 Å². The van der Waals surface area contributed by atoms with E-state index in [1.54, 1.807) is 0 Å². The highest BCUT2D eigenvalue weighted by Crippen LogP contribution is 2.29. The fraction of sp³-hybridized carbons (Fsp3) is 0.560. The molecule has 1 aromatic carbocycles. The van der Waals surface area contributed by atoms with E-state index in [-0.39, 0.29) is 18.5 Å². The van der Waals surface area contributed by atoms with Gasteiger partial charge >= 0.3 is 0 Å². The Hall–Kier alpha value is -2.42. The lowest BCUT2D eigenvalue weighted by molar-refractivity contribution is 0.0776. The lowest BCUT2D eigenvalue weighted by atomic mass is 10.1. The minimum Gasteiger partial charge on any atom is -0.472 e. The Morgan fingerprint density at radius 2 is 1.85 bits per heavy atom. The Labute approximate surface area is 208 Å². The predicted molar refractivity (Wildman–Crippen MR) is 138 cm³/mol. The molecule has 186 valence electrons. The van der Waals surface area contributed by atoms with Crippen LogP contribution in [0.15, 0.2) is 24.3 Å². The molecule has 1 aliphatic heterocycles. The van der Waals surface area contributed by atoms with Crippen LogP contribution in [0.25, 0.3) is 11.0 Å². The first-order valence-corrected chi connectivity index (χ1v) is 12.1. The third-order valence-electron chi connectivity index (χ3n) is 6.02. The number of fused-ring (bicyclic) bond motifs is 1. The van der Waals surface area contributed by atoms with Crippen LogP contribution in [0.2, 0.25) is 0 Å². The first-order chi connectivity index (χ1) is 16.0. The summed E-state index contributed by atoms with van der Waals surface area (Å²) in [6.07, 6.45) is 5.17. The molecule has 0 spiro atoms. The van der Waals surface area contributed by atoms with E-state index in [4.69, 9.17) is 20.2 Å². The van der Waals surface area contributed by atoms with Crippen LogP contribution in [0.3, 0.4) is 0 Å². The Bertz CT molecular complexity index is 1050. The maximum atomic E-state index is 6.16. The number of nitrogens with one attached hydrogen (secondary N) is 1. The van der Waals surface area contributed by atoms with Crippen molar-refractivity contribution in [1.29, 1.82) is 0 Å². The quantitative estimate of drug-likeness (QED) is 0.439. The van der Waals surface area contributed by atoms with Crippen LogP contribution in [0.5, 0.6) is 5.88 Å². The standard InChI is InChI=1S/C25H36N6O2.ClH/c1-4-5-6-21-28-22-23(25(33-17(2)3)30-29-24(22)26)31(21)16-19-9-7-18(8-10-19)15-27-20-11-13-32-14-12-20;/h7-10,17,20,27H,4-6,11-16H2,1-3H3,(H2,26,29);1H. The molecular formula is C25H37ClN6O2. The number of imidazole rings is 1. The summed E-state index contributed by atoms with van der Waals surface area (Å²) >= 11 is 0. The number of ether oxygens (including phenoxy) is 2. The van der Waals surface area contributed by atoms with Gasteiger partial charge in [0.2, 0.25) is 0 Å². The normalized spacial score (nSPS) is 14.5. The van der Waals surface area contributed by atoms with E-state index in [1.165, 1.54) is 11.1 Å². The lowest BCUT2D eigenvalue weighted by Crippen LogP contribution is -2.34. The summed E-state index contributed by atoms with van der Waals surface area (Å²) in [7, 11) is 0. The second-order valence-corrected chi connectivity index (χ2v) is 9.06. The Morgan fingerprint density at radius 1 is 1.15 bits per heavy atom. The molecule has 3 aromatic rings. The van der Waals surface area contributed by atoms with E-state index in [2.05, 4.69) is 51.3 Å². The number of aromatic nitrogens is 4. The van der Waals surface area contributed by atoms with E-state index < -0.39 is 0 Å². The molecule has 0 bridgehead atoms. The van der Waals surface area contributed by atoms with Crippen molar-refractivity contribution in [2.75, 3.05) is 18.9 Å². The van der Waals surface area contributed by atoms with Crippen LogP contribution in [0, 0.1) is 0 Å². The summed E-state index contributed by atoms with van der Waals surface area (Å²) in [6.45, 7) is 9.42. The van der Waals surface area contributed by atoms with Crippen molar-refractivity contribution in [2.24, 2.45) is 0 Å². The van der Waals surface area contributed by atoms with Crippen molar-refractivity contribution < 1.29 is 9.47 Å². The van der Waals surface area contributed by atoms with Gasteiger partial charge in [-0.2, -0.15) is 0 Å². The lowest BCUT2D eigenvalue weighted by Gasteiger charge is -2.23. The molecule has 0 amide bonds. The fourth-order valence-corrected chi connectivity index (χ4v) is 4.20. The monoisotopic (exact) mass is 488 g/mol. The molecule has 0 aliphatic carbocycles. The van der Waals surface area contributed by atoms with Gasteiger partial charge in [-0.3, -0.25) is 0 Å². The van der Waals surface area contributed by atoms with Gasteiger partial charge in [0.15, 0.2) is 5.82 Å². The van der Waals surface area contributed by atoms with Gasteiger partial charge in [-0.25, -0.2) is 4.98 Å². The molecule has 1 aliphatic rings. The molecule has 34 heavy (non-hydrogen) atoms. The second-order valence-electron chi connectivity index (χ2n) is 9.06.